The van der Waals surface area contributed by atoms with Crippen LogP contribution in [0.4, 0.5) is 0 Å². The summed E-state index contributed by atoms with van der Waals surface area (Å²) in [5.41, 5.74) is 0. The number of β-amino-alcohol motifs (C(OH)–C–C–N with tert-alkyl or cyclic N) is 1. The number of hydrogen-bond donors (Lipinski definition) is 2. The van der Waals surface area contributed by atoms with Gasteiger partial charge in [-0.3, -0.25) is 4.79 Å². The van der Waals surface area contributed by atoms with Crippen LogP contribution in [0.3, 0.4) is 0 Å². The van der Waals surface area contributed by atoms with Crippen molar-refractivity contribution in [1.29, 1.82) is 0 Å². The number of aliphatic hydroxyl groups excluding tert-OH is 1. The third kappa shape index (κ3) is 2.97. The first-order valence-corrected chi connectivity index (χ1v) is 6.44. The Kier molecular flexibility index (Phi) is 4.01. The predicted molar refractivity (Wildman–Crippen MR) is 65.7 cm³/mol. The molecule has 98 valence electrons. The van der Waals surface area contributed by atoms with Crippen LogP contribution in [-0.4, -0.2) is 72.7 Å². The highest BCUT2D eigenvalue weighted by molar-refractivity contribution is 5.82. The highest BCUT2D eigenvalue weighted by atomic mass is 16.3. The first-order chi connectivity index (χ1) is 8.08. The number of nitrogens with zero attached hydrogens (tertiary/aromatic N) is 2. The van der Waals surface area contributed by atoms with Crippen LogP contribution >= 0.6 is 0 Å². The first kappa shape index (κ1) is 12.8. The van der Waals surface area contributed by atoms with Crippen molar-refractivity contribution >= 4 is 5.91 Å². The van der Waals surface area contributed by atoms with Gasteiger partial charge in [0, 0.05) is 19.6 Å². The van der Waals surface area contributed by atoms with Gasteiger partial charge in [-0.15, -0.1) is 0 Å². The van der Waals surface area contributed by atoms with Crippen molar-refractivity contribution in [1.82, 2.24) is 15.1 Å². The minimum Gasteiger partial charge on any atom is -0.392 e. The largest absolute Gasteiger partial charge is 0.392 e. The lowest BCUT2D eigenvalue weighted by molar-refractivity contribution is -0.134. The summed E-state index contributed by atoms with van der Waals surface area (Å²) in [4.78, 5) is 16.4. The van der Waals surface area contributed by atoms with E-state index in [1.807, 2.05) is 11.9 Å². The lowest BCUT2D eigenvalue weighted by Gasteiger charge is -2.36. The molecule has 2 saturated heterocycles. The average molecular weight is 241 g/mol. The molecule has 0 bridgehead atoms. The third-order valence-corrected chi connectivity index (χ3v) is 3.99. The minimum atomic E-state index is -0.366. The van der Waals surface area contributed by atoms with Gasteiger partial charge in [0.05, 0.1) is 12.1 Å². The summed E-state index contributed by atoms with van der Waals surface area (Å²) in [7, 11) is 4.01. The Hall–Kier alpha value is -0.650. The van der Waals surface area contributed by atoms with E-state index in [4.69, 9.17) is 0 Å². The molecule has 0 spiro atoms. The van der Waals surface area contributed by atoms with Crippen molar-refractivity contribution < 1.29 is 9.90 Å². The number of aliphatic hydroxyl groups is 1. The summed E-state index contributed by atoms with van der Waals surface area (Å²) in [6.07, 6.45) is 2.28. The number of hydrogen-bond acceptors (Lipinski definition) is 4. The predicted octanol–water partition coefficient (Wildman–Crippen LogP) is -0.738. The van der Waals surface area contributed by atoms with E-state index < -0.39 is 0 Å². The Bertz CT molecular complexity index is 277. The Morgan fingerprint density at radius 1 is 1.41 bits per heavy atom. The summed E-state index contributed by atoms with van der Waals surface area (Å²) < 4.78 is 0. The fourth-order valence-electron chi connectivity index (χ4n) is 2.71. The van der Waals surface area contributed by atoms with E-state index in [1.165, 1.54) is 0 Å². The molecule has 2 atom stereocenters. The standard InChI is InChI=1S/C12H23N3O2/c1-14-5-3-9(4-6-14)15(2)12(17)11-7-10(16)8-13-11/h9-11,13,16H,3-8H2,1-2H3. The van der Waals surface area contributed by atoms with Gasteiger partial charge in [-0.25, -0.2) is 0 Å². The van der Waals surface area contributed by atoms with E-state index in [0.29, 0.717) is 19.0 Å². The molecule has 1 amide bonds. The van der Waals surface area contributed by atoms with Crippen molar-refractivity contribution in [3.63, 3.8) is 0 Å². The number of rotatable bonds is 2. The van der Waals surface area contributed by atoms with Crippen LogP contribution in [0, 0.1) is 0 Å². The first-order valence-electron chi connectivity index (χ1n) is 6.44. The summed E-state index contributed by atoms with van der Waals surface area (Å²) in [5.74, 6) is 0.135. The average Bonchev–Trinajstić information content (AvgIpc) is 2.75. The summed E-state index contributed by atoms with van der Waals surface area (Å²) in [6.45, 7) is 2.66. The topological polar surface area (TPSA) is 55.8 Å². The molecule has 2 heterocycles. The zero-order valence-electron chi connectivity index (χ0n) is 10.7. The van der Waals surface area contributed by atoms with E-state index >= 15 is 0 Å². The molecule has 2 aliphatic heterocycles. The zero-order valence-corrected chi connectivity index (χ0v) is 10.7. The van der Waals surface area contributed by atoms with Crippen LogP contribution in [0.2, 0.25) is 0 Å². The zero-order chi connectivity index (χ0) is 12.4. The SMILES string of the molecule is CN1CCC(N(C)C(=O)C2CC(O)CN2)CC1. The van der Waals surface area contributed by atoms with E-state index in [0.717, 1.165) is 25.9 Å². The second-order valence-corrected chi connectivity index (χ2v) is 5.33. The van der Waals surface area contributed by atoms with Gasteiger partial charge in [0.1, 0.15) is 0 Å². The van der Waals surface area contributed by atoms with Gasteiger partial charge in [-0.1, -0.05) is 0 Å². The van der Waals surface area contributed by atoms with Crippen molar-refractivity contribution in [3.05, 3.63) is 0 Å². The summed E-state index contributed by atoms with van der Waals surface area (Å²) in [6, 6.07) is 0.174. The molecular weight excluding hydrogens is 218 g/mol. The van der Waals surface area contributed by atoms with Gasteiger partial charge >= 0.3 is 0 Å². The van der Waals surface area contributed by atoms with Crippen molar-refractivity contribution in [2.75, 3.05) is 33.7 Å². The Morgan fingerprint density at radius 3 is 2.59 bits per heavy atom. The number of piperidine rings is 1. The Morgan fingerprint density at radius 2 is 2.06 bits per heavy atom. The van der Waals surface area contributed by atoms with Crippen LogP contribution in [0.5, 0.6) is 0 Å². The molecule has 0 radical (unpaired) electrons. The normalized spacial score (nSPS) is 31.7. The van der Waals surface area contributed by atoms with Gasteiger partial charge in [-0.2, -0.15) is 0 Å². The van der Waals surface area contributed by atoms with Gasteiger partial charge in [0.15, 0.2) is 0 Å². The molecule has 0 aromatic carbocycles. The van der Waals surface area contributed by atoms with Crippen LogP contribution in [-0.2, 0) is 4.79 Å². The molecule has 2 N–H and O–H groups in total. The molecular formula is C12H23N3O2. The van der Waals surface area contributed by atoms with Crippen LogP contribution in [0.15, 0.2) is 0 Å². The number of carbonyl (C=O) groups excluding carboxylic acids is 1. The molecule has 5 nitrogen and oxygen atoms in total. The quantitative estimate of drug-likeness (QED) is 0.669. The molecule has 0 aromatic heterocycles. The number of likely N-dealkylation sites (tertiary alicyclic amines) is 1. The molecule has 0 saturated carbocycles. The smallest absolute Gasteiger partial charge is 0.239 e. The van der Waals surface area contributed by atoms with Gasteiger partial charge in [0.2, 0.25) is 5.91 Å². The summed E-state index contributed by atoms with van der Waals surface area (Å²) in [5, 5.41) is 12.5. The monoisotopic (exact) mass is 241 g/mol. The molecule has 0 aliphatic carbocycles. The van der Waals surface area contributed by atoms with Crippen molar-refractivity contribution in [3.8, 4) is 0 Å². The minimum absolute atomic E-state index is 0.135. The number of nitrogens with one attached hydrogen (secondary N) is 1. The molecule has 2 fully saturated rings. The third-order valence-electron chi connectivity index (χ3n) is 3.99. The van der Waals surface area contributed by atoms with E-state index in [9.17, 15) is 9.90 Å². The van der Waals surface area contributed by atoms with E-state index in [1.54, 1.807) is 0 Å². The molecule has 5 heteroatoms. The van der Waals surface area contributed by atoms with Gasteiger partial charge in [-0.05, 0) is 39.4 Å². The van der Waals surface area contributed by atoms with Crippen LogP contribution in [0.1, 0.15) is 19.3 Å². The second kappa shape index (κ2) is 5.33. The van der Waals surface area contributed by atoms with E-state index in [2.05, 4.69) is 17.3 Å². The summed E-state index contributed by atoms with van der Waals surface area (Å²) >= 11 is 0. The maximum atomic E-state index is 12.2. The maximum absolute atomic E-state index is 12.2. The Balaban J connectivity index is 1.86. The lowest BCUT2D eigenvalue weighted by Crippen LogP contribution is -2.49. The molecule has 2 aliphatic rings. The highest BCUT2D eigenvalue weighted by Crippen LogP contribution is 2.17. The number of likely N-dealkylation sites (N-methyl/N-ethyl adjacent to an activating group) is 1. The highest BCUT2D eigenvalue weighted by Gasteiger charge is 2.33. The molecule has 2 unspecified atom stereocenters. The molecule has 0 aromatic rings. The Labute approximate surface area is 103 Å². The van der Waals surface area contributed by atoms with Gasteiger partial charge < -0.3 is 20.2 Å². The van der Waals surface area contributed by atoms with Crippen LogP contribution < -0.4 is 5.32 Å². The maximum Gasteiger partial charge on any atom is 0.239 e. The second-order valence-electron chi connectivity index (χ2n) is 5.33. The number of carbonyl (C=O) groups is 1. The molecule has 2 rings (SSSR count). The van der Waals surface area contributed by atoms with Crippen molar-refractivity contribution in [2.24, 2.45) is 0 Å². The van der Waals surface area contributed by atoms with E-state index in [-0.39, 0.29) is 18.1 Å². The number of amides is 1. The lowest BCUT2D eigenvalue weighted by atomic mass is 10.0. The molecule has 17 heavy (non-hydrogen) atoms. The van der Waals surface area contributed by atoms with Gasteiger partial charge in [0.25, 0.3) is 0 Å². The van der Waals surface area contributed by atoms with Crippen molar-refractivity contribution in [2.45, 2.75) is 37.5 Å². The fraction of sp³-hybridized carbons (Fsp3) is 0.917. The fourth-order valence-corrected chi connectivity index (χ4v) is 2.71. The van der Waals surface area contributed by atoms with Crippen LogP contribution in [0.25, 0.3) is 0 Å².